The first kappa shape index (κ1) is 18.3. The summed E-state index contributed by atoms with van der Waals surface area (Å²) in [6, 6.07) is 13.7. The summed E-state index contributed by atoms with van der Waals surface area (Å²) in [4.78, 5) is 18.1. The first-order valence-corrected chi connectivity index (χ1v) is 9.88. The number of imidazole rings is 1. The zero-order valence-electron chi connectivity index (χ0n) is 16.0. The molecule has 2 heterocycles. The lowest BCUT2D eigenvalue weighted by molar-refractivity contribution is -0.115. The quantitative estimate of drug-likeness (QED) is 0.528. The number of carbonyl (C=O) groups excluding carboxylic acids is 1. The van der Waals surface area contributed by atoms with Crippen LogP contribution in [0.4, 0.5) is 5.69 Å². The van der Waals surface area contributed by atoms with Gasteiger partial charge in [0.2, 0.25) is 5.91 Å². The van der Waals surface area contributed by atoms with Crippen molar-refractivity contribution in [1.29, 1.82) is 0 Å². The van der Waals surface area contributed by atoms with Crippen LogP contribution in [0.3, 0.4) is 0 Å². The maximum atomic E-state index is 12.5. The Morgan fingerprint density at radius 3 is 2.82 bits per heavy atom. The van der Waals surface area contributed by atoms with E-state index in [-0.39, 0.29) is 12.3 Å². The fourth-order valence-corrected chi connectivity index (χ4v) is 3.94. The Morgan fingerprint density at radius 2 is 2.04 bits per heavy atom. The predicted octanol–water partition coefficient (Wildman–Crippen LogP) is 4.87. The number of anilines is 1. The van der Waals surface area contributed by atoms with Crippen molar-refractivity contribution in [3.05, 3.63) is 70.9 Å². The van der Waals surface area contributed by atoms with E-state index in [1.165, 1.54) is 11.1 Å². The number of carbonyl (C=O) groups is 1. The largest absolute Gasteiger partial charge is 0.497 e. The summed E-state index contributed by atoms with van der Waals surface area (Å²) in [5.74, 6) is 0.637. The normalized spacial score (nSPS) is 11.0. The molecule has 0 radical (unpaired) electrons. The molecule has 28 heavy (non-hydrogen) atoms. The fourth-order valence-electron chi connectivity index (χ4n) is 3.07. The standard InChI is InChI=1S/C22H21N3O2S/c1-14-7-8-16(9-15(14)2)20-12-25-18(13-28-22(25)24-20)11-21(26)23-17-5-4-6-19(10-17)27-3/h4-10,12-13H,11H2,1-3H3,(H,23,26). The smallest absolute Gasteiger partial charge is 0.230 e. The van der Waals surface area contributed by atoms with E-state index in [1.54, 1.807) is 24.5 Å². The zero-order valence-corrected chi connectivity index (χ0v) is 16.8. The molecule has 142 valence electrons. The number of fused-ring (bicyclic) bond motifs is 1. The lowest BCUT2D eigenvalue weighted by Crippen LogP contribution is -2.15. The van der Waals surface area contributed by atoms with Crippen LogP contribution in [0.2, 0.25) is 0 Å². The maximum absolute atomic E-state index is 12.5. The summed E-state index contributed by atoms with van der Waals surface area (Å²) in [6.45, 7) is 4.20. The molecule has 2 aromatic heterocycles. The average Bonchev–Trinajstić information content (AvgIpc) is 3.26. The number of aryl methyl sites for hydroxylation is 2. The van der Waals surface area contributed by atoms with Crippen LogP contribution in [0, 0.1) is 13.8 Å². The number of hydrogen-bond donors (Lipinski definition) is 1. The third kappa shape index (κ3) is 3.64. The van der Waals surface area contributed by atoms with Crippen LogP contribution in [0.25, 0.3) is 16.2 Å². The molecule has 0 spiro atoms. The first-order valence-electron chi connectivity index (χ1n) is 9.00. The number of nitrogens with zero attached hydrogens (tertiary/aromatic N) is 2. The van der Waals surface area contributed by atoms with Gasteiger partial charge in [0.05, 0.1) is 19.2 Å². The van der Waals surface area contributed by atoms with Gasteiger partial charge in [-0.05, 0) is 43.2 Å². The monoisotopic (exact) mass is 391 g/mol. The van der Waals surface area contributed by atoms with Crippen molar-refractivity contribution in [2.45, 2.75) is 20.3 Å². The Hall–Kier alpha value is -3.12. The van der Waals surface area contributed by atoms with Crippen molar-refractivity contribution in [2.24, 2.45) is 0 Å². The van der Waals surface area contributed by atoms with Crippen LogP contribution < -0.4 is 10.1 Å². The highest BCUT2D eigenvalue weighted by Gasteiger charge is 2.13. The average molecular weight is 391 g/mol. The van der Waals surface area contributed by atoms with Gasteiger partial charge in [-0.3, -0.25) is 9.20 Å². The zero-order chi connectivity index (χ0) is 19.7. The molecule has 0 aliphatic rings. The number of methoxy groups -OCH3 is 1. The molecule has 5 nitrogen and oxygen atoms in total. The van der Waals surface area contributed by atoms with Gasteiger partial charge in [-0.25, -0.2) is 4.98 Å². The molecule has 0 saturated carbocycles. The molecule has 0 fully saturated rings. The van der Waals surface area contributed by atoms with Gasteiger partial charge >= 0.3 is 0 Å². The van der Waals surface area contributed by atoms with Gasteiger partial charge in [0.1, 0.15) is 5.75 Å². The Morgan fingerprint density at radius 1 is 1.18 bits per heavy atom. The van der Waals surface area contributed by atoms with Crippen LogP contribution in [-0.4, -0.2) is 22.4 Å². The predicted molar refractivity (Wildman–Crippen MR) is 113 cm³/mol. The summed E-state index contributed by atoms with van der Waals surface area (Å²) in [7, 11) is 1.61. The number of ether oxygens (including phenoxy) is 1. The number of nitrogens with one attached hydrogen (secondary N) is 1. The second kappa shape index (κ2) is 7.48. The summed E-state index contributed by atoms with van der Waals surface area (Å²) in [5.41, 5.74) is 6.15. The van der Waals surface area contributed by atoms with E-state index >= 15 is 0 Å². The number of aromatic nitrogens is 2. The van der Waals surface area contributed by atoms with E-state index < -0.39 is 0 Å². The molecule has 0 saturated heterocycles. The van der Waals surface area contributed by atoms with Crippen molar-refractivity contribution in [3.8, 4) is 17.0 Å². The highest BCUT2D eigenvalue weighted by Crippen LogP contribution is 2.26. The molecule has 0 bridgehead atoms. The molecule has 0 unspecified atom stereocenters. The fraction of sp³-hybridized carbons (Fsp3) is 0.182. The minimum absolute atomic E-state index is 0.0746. The molecular formula is C22H21N3O2S. The minimum atomic E-state index is -0.0746. The van der Waals surface area contributed by atoms with E-state index in [1.807, 2.05) is 34.2 Å². The molecule has 2 aromatic carbocycles. The van der Waals surface area contributed by atoms with E-state index in [4.69, 9.17) is 9.72 Å². The summed E-state index contributed by atoms with van der Waals surface area (Å²) in [6.07, 6.45) is 2.28. The Balaban J connectivity index is 1.55. The third-order valence-electron chi connectivity index (χ3n) is 4.78. The van der Waals surface area contributed by atoms with Gasteiger partial charge < -0.3 is 10.1 Å². The molecule has 4 rings (SSSR count). The third-order valence-corrected chi connectivity index (χ3v) is 5.67. The molecule has 0 aliphatic carbocycles. The van der Waals surface area contributed by atoms with E-state index in [2.05, 4.69) is 37.4 Å². The molecular weight excluding hydrogens is 370 g/mol. The van der Waals surface area contributed by atoms with Crippen molar-refractivity contribution in [2.75, 3.05) is 12.4 Å². The Bertz CT molecular complexity index is 1160. The molecule has 0 atom stereocenters. The lowest BCUT2D eigenvalue weighted by Gasteiger charge is -2.06. The van der Waals surface area contributed by atoms with E-state index in [0.29, 0.717) is 5.75 Å². The van der Waals surface area contributed by atoms with E-state index in [9.17, 15) is 4.79 Å². The van der Waals surface area contributed by atoms with Crippen molar-refractivity contribution in [3.63, 3.8) is 0 Å². The second-order valence-electron chi connectivity index (χ2n) is 6.76. The topological polar surface area (TPSA) is 55.6 Å². The van der Waals surface area contributed by atoms with Gasteiger partial charge in [-0.2, -0.15) is 0 Å². The van der Waals surface area contributed by atoms with Crippen molar-refractivity contribution in [1.82, 2.24) is 9.38 Å². The van der Waals surface area contributed by atoms with Gasteiger partial charge in [0.25, 0.3) is 0 Å². The number of thiazole rings is 1. The number of hydrogen-bond acceptors (Lipinski definition) is 4. The minimum Gasteiger partial charge on any atom is -0.497 e. The van der Waals surface area contributed by atoms with Gasteiger partial charge in [-0.1, -0.05) is 18.2 Å². The summed E-state index contributed by atoms with van der Waals surface area (Å²) < 4.78 is 7.20. The van der Waals surface area contributed by atoms with Crippen molar-refractivity contribution < 1.29 is 9.53 Å². The van der Waals surface area contributed by atoms with Crippen LogP contribution in [0.15, 0.2) is 54.0 Å². The maximum Gasteiger partial charge on any atom is 0.230 e. The van der Waals surface area contributed by atoms with E-state index in [0.717, 1.165) is 27.6 Å². The lowest BCUT2D eigenvalue weighted by atomic mass is 10.0. The molecule has 6 heteroatoms. The summed E-state index contributed by atoms with van der Waals surface area (Å²) in [5, 5.41) is 4.91. The molecule has 0 aliphatic heterocycles. The van der Waals surface area contributed by atoms with Gasteiger partial charge in [0, 0.05) is 34.6 Å². The number of amides is 1. The molecule has 1 N–H and O–H groups in total. The van der Waals surface area contributed by atoms with Crippen molar-refractivity contribution >= 4 is 27.9 Å². The Kier molecular flexibility index (Phi) is 4.88. The number of rotatable bonds is 5. The molecule has 4 aromatic rings. The number of benzene rings is 2. The SMILES string of the molecule is COc1cccc(NC(=O)Cc2csc3nc(-c4ccc(C)c(C)c4)cn23)c1. The van der Waals surface area contributed by atoms with Crippen LogP contribution >= 0.6 is 11.3 Å². The summed E-state index contributed by atoms with van der Waals surface area (Å²) >= 11 is 1.54. The molecule has 1 amide bonds. The highest BCUT2D eigenvalue weighted by molar-refractivity contribution is 7.15. The van der Waals surface area contributed by atoms with Crippen LogP contribution in [-0.2, 0) is 11.2 Å². The van der Waals surface area contributed by atoms with Crippen LogP contribution in [0.1, 0.15) is 16.8 Å². The second-order valence-corrected chi connectivity index (χ2v) is 7.60. The highest BCUT2D eigenvalue weighted by atomic mass is 32.1. The Labute approximate surface area is 167 Å². The first-order chi connectivity index (χ1) is 13.5. The van der Waals surface area contributed by atoms with Gasteiger partial charge in [-0.15, -0.1) is 11.3 Å². The van der Waals surface area contributed by atoms with Crippen LogP contribution in [0.5, 0.6) is 5.75 Å². The van der Waals surface area contributed by atoms with Gasteiger partial charge in [0.15, 0.2) is 4.96 Å².